The Hall–Kier alpha value is 0.250. The number of halogens is 1. The minimum absolute atomic E-state index is 0.154. The van der Waals surface area contributed by atoms with E-state index < -0.39 is 0 Å². The highest BCUT2D eigenvalue weighted by Gasteiger charge is 2.29. The van der Waals surface area contributed by atoms with E-state index in [0.29, 0.717) is 18.4 Å². The Labute approximate surface area is 94.2 Å². The van der Waals surface area contributed by atoms with Crippen molar-refractivity contribution in [3.63, 3.8) is 0 Å². The van der Waals surface area contributed by atoms with Gasteiger partial charge >= 0.3 is 0 Å². The molecule has 14 heavy (non-hydrogen) atoms. The van der Waals surface area contributed by atoms with Crippen LogP contribution in [-0.4, -0.2) is 18.1 Å². The second-order valence-electron chi connectivity index (χ2n) is 4.98. The molecule has 0 aromatic rings. The van der Waals surface area contributed by atoms with Gasteiger partial charge in [0.05, 0.1) is 11.5 Å². The number of rotatable bonds is 7. The van der Waals surface area contributed by atoms with Gasteiger partial charge in [-0.15, -0.1) is 11.6 Å². The Morgan fingerprint density at radius 3 is 1.79 bits per heavy atom. The molecule has 0 N–H and O–H groups in total. The van der Waals surface area contributed by atoms with Crippen LogP contribution in [0.4, 0.5) is 0 Å². The SMILES string of the molecule is CCOCC(Cl)(CC(C)C)CC(C)C. The molecular formula is C12H25ClO. The van der Waals surface area contributed by atoms with E-state index in [-0.39, 0.29) is 4.87 Å². The average Bonchev–Trinajstić information content (AvgIpc) is 1.97. The van der Waals surface area contributed by atoms with Crippen LogP contribution in [0.1, 0.15) is 47.5 Å². The fourth-order valence-corrected chi connectivity index (χ4v) is 2.64. The molecule has 0 rings (SSSR count). The molecule has 0 radical (unpaired) electrons. The van der Waals surface area contributed by atoms with E-state index in [1.807, 2.05) is 6.92 Å². The third-order valence-corrected chi connectivity index (χ3v) is 2.53. The second kappa shape index (κ2) is 6.68. The molecule has 0 aromatic heterocycles. The molecule has 0 heterocycles. The summed E-state index contributed by atoms with van der Waals surface area (Å²) in [5.74, 6) is 1.26. The van der Waals surface area contributed by atoms with Gasteiger partial charge in [-0.25, -0.2) is 0 Å². The number of alkyl halides is 1. The van der Waals surface area contributed by atoms with Gasteiger partial charge in [-0.1, -0.05) is 27.7 Å². The molecular weight excluding hydrogens is 196 g/mol. The standard InChI is InChI=1S/C12H25ClO/c1-6-14-9-12(13,7-10(2)3)8-11(4)5/h10-11H,6-9H2,1-5H3. The predicted octanol–water partition coefficient (Wildman–Crippen LogP) is 4.09. The smallest absolute Gasteiger partial charge is 0.0684 e. The molecule has 0 bridgehead atoms. The molecule has 0 unspecified atom stereocenters. The van der Waals surface area contributed by atoms with Crippen LogP contribution in [0.25, 0.3) is 0 Å². The van der Waals surface area contributed by atoms with Crippen LogP contribution < -0.4 is 0 Å². The number of hydrogen-bond donors (Lipinski definition) is 0. The maximum atomic E-state index is 6.58. The van der Waals surface area contributed by atoms with Crippen molar-refractivity contribution < 1.29 is 4.74 Å². The number of ether oxygens (including phenoxy) is 1. The van der Waals surface area contributed by atoms with E-state index in [1.165, 1.54) is 0 Å². The van der Waals surface area contributed by atoms with Crippen molar-refractivity contribution in [2.24, 2.45) is 11.8 Å². The summed E-state index contributed by atoms with van der Waals surface area (Å²) in [4.78, 5) is -0.154. The minimum Gasteiger partial charge on any atom is -0.380 e. The van der Waals surface area contributed by atoms with E-state index >= 15 is 0 Å². The first-order chi connectivity index (χ1) is 6.39. The molecule has 86 valence electrons. The first-order valence-corrected chi connectivity index (χ1v) is 6.04. The Bertz CT molecular complexity index is 133. The van der Waals surface area contributed by atoms with Crippen molar-refractivity contribution in [3.8, 4) is 0 Å². The van der Waals surface area contributed by atoms with Crippen molar-refractivity contribution in [1.29, 1.82) is 0 Å². The summed E-state index contributed by atoms with van der Waals surface area (Å²) < 4.78 is 5.47. The molecule has 0 aliphatic heterocycles. The van der Waals surface area contributed by atoms with Crippen LogP contribution in [0.2, 0.25) is 0 Å². The second-order valence-corrected chi connectivity index (χ2v) is 5.79. The van der Waals surface area contributed by atoms with Crippen molar-refractivity contribution in [3.05, 3.63) is 0 Å². The first kappa shape index (κ1) is 14.2. The summed E-state index contributed by atoms with van der Waals surface area (Å²) in [5.41, 5.74) is 0. The van der Waals surface area contributed by atoms with Crippen LogP contribution >= 0.6 is 11.6 Å². The highest BCUT2D eigenvalue weighted by molar-refractivity contribution is 6.24. The topological polar surface area (TPSA) is 9.23 Å². The zero-order valence-corrected chi connectivity index (χ0v) is 11.0. The highest BCUT2D eigenvalue weighted by Crippen LogP contribution is 2.31. The highest BCUT2D eigenvalue weighted by atomic mass is 35.5. The zero-order valence-electron chi connectivity index (χ0n) is 10.3. The molecule has 1 nitrogen and oxygen atoms in total. The lowest BCUT2D eigenvalue weighted by atomic mass is 9.89. The van der Waals surface area contributed by atoms with Crippen molar-refractivity contribution in [1.82, 2.24) is 0 Å². The Morgan fingerprint density at radius 2 is 1.50 bits per heavy atom. The molecule has 0 saturated carbocycles. The Balaban J connectivity index is 4.17. The predicted molar refractivity (Wildman–Crippen MR) is 64.0 cm³/mol. The van der Waals surface area contributed by atoms with Crippen molar-refractivity contribution in [2.75, 3.05) is 13.2 Å². The van der Waals surface area contributed by atoms with E-state index in [0.717, 1.165) is 19.4 Å². The monoisotopic (exact) mass is 220 g/mol. The van der Waals surface area contributed by atoms with Crippen molar-refractivity contribution >= 4 is 11.6 Å². The fraction of sp³-hybridized carbons (Fsp3) is 1.00. The maximum absolute atomic E-state index is 6.58. The fourth-order valence-electron chi connectivity index (χ4n) is 1.95. The first-order valence-electron chi connectivity index (χ1n) is 5.66. The largest absolute Gasteiger partial charge is 0.380 e. The normalized spacial score (nSPS) is 12.9. The molecule has 0 spiro atoms. The lowest BCUT2D eigenvalue weighted by Gasteiger charge is -2.30. The molecule has 0 aliphatic carbocycles. The Kier molecular flexibility index (Phi) is 6.80. The van der Waals surface area contributed by atoms with Gasteiger partial charge in [0, 0.05) is 6.61 Å². The summed E-state index contributed by atoms with van der Waals surface area (Å²) in [6.07, 6.45) is 2.07. The van der Waals surface area contributed by atoms with Crippen LogP contribution in [0.3, 0.4) is 0 Å². The molecule has 2 heteroatoms. The van der Waals surface area contributed by atoms with Gasteiger partial charge < -0.3 is 4.74 Å². The third-order valence-electron chi connectivity index (χ3n) is 2.11. The summed E-state index contributed by atoms with van der Waals surface area (Å²) in [6, 6.07) is 0. The molecule has 0 fully saturated rings. The van der Waals surface area contributed by atoms with Gasteiger partial charge in [-0.2, -0.15) is 0 Å². The summed E-state index contributed by atoms with van der Waals surface area (Å²) >= 11 is 6.58. The van der Waals surface area contributed by atoms with Gasteiger partial charge in [-0.05, 0) is 31.6 Å². The lowest BCUT2D eigenvalue weighted by molar-refractivity contribution is 0.105. The van der Waals surface area contributed by atoms with Crippen LogP contribution in [0.5, 0.6) is 0 Å². The third kappa shape index (κ3) is 6.67. The van der Waals surface area contributed by atoms with E-state index in [9.17, 15) is 0 Å². The van der Waals surface area contributed by atoms with Crippen molar-refractivity contribution in [2.45, 2.75) is 52.3 Å². The molecule has 0 atom stereocenters. The lowest BCUT2D eigenvalue weighted by Crippen LogP contribution is -2.31. The minimum atomic E-state index is -0.154. The van der Waals surface area contributed by atoms with Gasteiger partial charge in [0.25, 0.3) is 0 Å². The van der Waals surface area contributed by atoms with Crippen LogP contribution in [0.15, 0.2) is 0 Å². The molecule has 0 saturated heterocycles. The van der Waals surface area contributed by atoms with Gasteiger partial charge in [0.15, 0.2) is 0 Å². The van der Waals surface area contributed by atoms with Gasteiger partial charge in [0.1, 0.15) is 0 Å². The average molecular weight is 221 g/mol. The van der Waals surface area contributed by atoms with Crippen LogP contribution in [-0.2, 0) is 4.74 Å². The summed E-state index contributed by atoms with van der Waals surface area (Å²) in [5, 5.41) is 0. The maximum Gasteiger partial charge on any atom is 0.0684 e. The molecule has 0 amide bonds. The van der Waals surface area contributed by atoms with E-state index in [1.54, 1.807) is 0 Å². The summed E-state index contributed by atoms with van der Waals surface area (Å²) in [7, 11) is 0. The van der Waals surface area contributed by atoms with Gasteiger partial charge in [-0.3, -0.25) is 0 Å². The van der Waals surface area contributed by atoms with Gasteiger partial charge in [0.2, 0.25) is 0 Å². The molecule has 0 aromatic carbocycles. The van der Waals surface area contributed by atoms with Crippen LogP contribution in [0, 0.1) is 11.8 Å². The van der Waals surface area contributed by atoms with E-state index in [2.05, 4.69) is 27.7 Å². The van der Waals surface area contributed by atoms with E-state index in [4.69, 9.17) is 16.3 Å². The Morgan fingerprint density at radius 1 is 1.07 bits per heavy atom. The molecule has 0 aliphatic rings. The zero-order chi connectivity index (χ0) is 11.2. The number of hydrogen-bond acceptors (Lipinski definition) is 1. The summed E-state index contributed by atoms with van der Waals surface area (Å²) in [6.45, 7) is 12.3. The quantitative estimate of drug-likeness (QED) is 0.588.